The molecule has 0 aliphatic carbocycles. The van der Waals surface area contributed by atoms with Crippen LogP contribution in [0.15, 0.2) is 60.7 Å². The number of rotatable bonds is 6. The highest BCUT2D eigenvalue weighted by Crippen LogP contribution is 2.40. The molecule has 1 unspecified atom stereocenters. The Morgan fingerprint density at radius 2 is 1.74 bits per heavy atom. The highest BCUT2D eigenvalue weighted by molar-refractivity contribution is 6.33. The van der Waals surface area contributed by atoms with Crippen LogP contribution in [0.5, 0.6) is 0 Å². The number of pyridine rings is 1. The Hall–Kier alpha value is -3.29. The van der Waals surface area contributed by atoms with Crippen LogP contribution in [0.25, 0.3) is 33.2 Å². The number of amides is 1. The van der Waals surface area contributed by atoms with E-state index < -0.39 is 0 Å². The molecule has 1 atom stereocenters. The Kier molecular flexibility index (Phi) is 8.33. The van der Waals surface area contributed by atoms with Crippen LogP contribution in [0.3, 0.4) is 0 Å². The first-order valence-corrected chi connectivity index (χ1v) is 15.2. The minimum absolute atomic E-state index is 0.0233. The van der Waals surface area contributed by atoms with Crippen molar-refractivity contribution in [2.45, 2.75) is 32.9 Å². The highest BCUT2D eigenvalue weighted by atomic mass is 35.5. The number of nitrogens with zero attached hydrogens (tertiary/aromatic N) is 4. The van der Waals surface area contributed by atoms with Gasteiger partial charge in [-0.05, 0) is 85.9 Å². The zero-order valence-electron chi connectivity index (χ0n) is 25.0. The molecule has 2 aliphatic rings. The lowest BCUT2D eigenvalue weighted by atomic mass is 9.88. The fourth-order valence-corrected chi connectivity index (χ4v) is 6.75. The number of benzene rings is 3. The molecule has 1 aromatic heterocycles. The minimum atomic E-state index is -0.0233. The molecule has 0 N–H and O–H groups in total. The number of likely N-dealkylation sites (N-methyl/N-ethyl adjacent to an activating group) is 1. The maximum Gasteiger partial charge on any atom is 0.272 e. The van der Waals surface area contributed by atoms with E-state index >= 15 is 0 Å². The van der Waals surface area contributed by atoms with Crippen LogP contribution in [-0.4, -0.2) is 85.1 Å². The quantitative estimate of drug-likeness (QED) is 0.262. The smallest absolute Gasteiger partial charge is 0.272 e. The van der Waals surface area contributed by atoms with E-state index in [0.29, 0.717) is 23.3 Å². The largest absolute Gasteiger partial charge is 0.379 e. The van der Waals surface area contributed by atoms with Crippen LogP contribution >= 0.6 is 11.6 Å². The molecule has 2 saturated heterocycles. The van der Waals surface area contributed by atoms with Crippen molar-refractivity contribution < 1.29 is 9.53 Å². The van der Waals surface area contributed by atoms with Gasteiger partial charge in [-0.1, -0.05) is 54.1 Å². The molecule has 0 spiro atoms. The molecule has 2 aliphatic heterocycles. The maximum atomic E-state index is 13.8. The Morgan fingerprint density at radius 1 is 1.00 bits per heavy atom. The first kappa shape index (κ1) is 28.8. The molecule has 3 aromatic carbocycles. The first-order valence-electron chi connectivity index (χ1n) is 14.8. The lowest BCUT2D eigenvalue weighted by Crippen LogP contribution is -2.35. The topological polar surface area (TPSA) is 48.9 Å². The van der Waals surface area contributed by atoms with Crippen LogP contribution in [0.2, 0.25) is 5.02 Å². The third kappa shape index (κ3) is 5.69. The lowest BCUT2D eigenvalue weighted by molar-refractivity contribution is 0.0342. The van der Waals surface area contributed by atoms with E-state index in [9.17, 15) is 4.79 Å². The first-order chi connectivity index (χ1) is 20.3. The zero-order chi connectivity index (χ0) is 29.4. The number of halogens is 1. The van der Waals surface area contributed by atoms with Gasteiger partial charge in [0, 0.05) is 54.7 Å². The van der Waals surface area contributed by atoms with Gasteiger partial charge in [0.15, 0.2) is 0 Å². The summed E-state index contributed by atoms with van der Waals surface area (Å²) in [7, 11) is 4.15. The highest BCUT2D eigenvalue weighted by Gasteiger charge is 2.30. The molecule has 7 heteroatoms. The average molecular weight is 583 g/mol. The predicted molar refractivity (Wildman–Crippen MR) is 171 cm³/mol. The Bertz CT molecular complexity index is 1610. The number of fused-ring (bicyclic) bond motifs is 1. The van der Waals surface area contributed by atoms with Crippen LogP contribution in [-0.2, 0) is 11.3 Å². The van der Waals surface area contributed by atoms with Gasteiger partial charge in [0.2, 0.25) is 0 Å². The second-order valence-corrected chi connectivity index (χ2v) is 12.3. The van der Waals surface area contributed by atoms with Crippen molar-refractivity contribution in [2.24, 2.45) is 0 Å². The average Bonchev–Trinajstić information content (AvgIpc) is 3.49. The summed E-state index contributed by atoms with van der Waals surface area (Å²) in [5.41, 5.74) is 9.09. The lowest BCUT2D eigenvalue weighted by Gasteiger charge is -2.26. The Morgan fingerprint density at radius 3 is 2.43 bits per heavy atom. The standard InChI is InChI=1S/C35H39ClN4O2/c1-23-19-31-34(24(2)33(23)26-11-9-25(10-12-26)21-39-15-17-42-18-16-39)29(28-7-5-6-8-30(28)36)20-32(37-31)35(41)40-14-13-27(22-40)38(3)4/h5-12,19-20,27H,13-18,21-22H2,1-4H3. The fourth-order valence-electron chi connectivity index (χ4n) is 6.51. The van der Waals surface area contributed by atoms with Gasteiger partial charge < -0.3 is 14.5 Å². The molecular formula is C35H39ClN4O2. The van der Waals surface area contributed by atoms with E-state index in [2.05, 4.69) is 68.1 Å². The molecule has 218 valence electrons. The normalized spacial score (nSPS) is 17.9. The number of aryl methyl sites for hydroxylation is 2. The molecule has 1 amide bonds. The second-order valence-electron chi connectivity index (χ2n) is 11.9. The predicted octanol–water partition coefficient (Wildman–Crippen LogP) is 6.45. The summed E-state index contributed by atoms with van der Waals surface area (Å²) in [5.74, 6) is -0.0233. The summed E-state index contributed by atoms with van der Waals surface area (Å²) >= 11 is 6.78. The molecule has 3 heterocycles. The van der Waals surface area contributed by atoms with Crippen molar-refractivity contribution in [1.29, 1.82) is 0 Å². The fraction of sp³-hybridized carbons (Fsp3) is 0.371. The number of carbonyl (C=O) groups excluding carboxylic acids is 1. The molecule has 4 aromatic rings. The summed E-state index contributed by atoms with van der Waals surface area (Å²) < 4.78 is 5.51. The number of likely N-dealkylation sites (tertiary alicyclic amines) is 1. The van der Waals surface area contributed by atoms with E-state index in [0.717, 1.165) is 79.0 Å². The van der Waals surface area contributed by atoms with E-state index in [4.69, 9.17) is 21.3 Å². The summed E-state index contributed by atoms with van der Waals surface area (Å²) in [6.45, 7) is 10.2. The summed E-state index contributed by atoms with van der Waals surface area (Å²) in [6, 6.07) is 21.2. The second kappa shape index (κ2) is 12.1. The third-order valence-corrected chi connectivity index (χ3v) is 9.19. The molecule has 2 fully saturated rings. The number of carbonyl (C=O) groups is 1. The SMILES string of the molecule is Cc1cc2nc(C(=O)N3CCC(N(C)C)C3)cc(-c3ccccc3Cl)c2c(C)c1-c1ccc(CN2CCOCC2)cc1. The van der Waals surface area contributed by atoms with Crippen molar-refractivity contribution in [2.75, 3.05) is 53.5 Å². The van der Waals surface area contributed by atoms with Gasteiger partial charge in [-0.15, -0.1) is 0 Å². The van der Waals surface area contributed by atoms with Gasteiger partial charge in [-0.25, -0.2) is 4.98 Å². The molecule has 6 nitrogen and oxygen atoms in total. The van der Waals surface area contributed by atoms with Gasteiger partial charge in [0.1, 0.15) is 5.69 Å². The van der Waals surface area contributed by atoms with Crippen LogP contribution in [0.4, 0.5) is 0 Å². The van der Waals surface area contributed by atoms with Crippen LogP contribution in [0.1, 0.15) is 33.6 Å². The molecule has 42 heavy (non-hydrogen) atoms. The number of hydrogen-bond acceptors (Lipinski definition) is 5. The van der Waals surface area contributed by atoms with Crippen molar-refractivity contribution in [3.8, 4) is 22.3 Å². The van der Waals surface area contributed by atoms with Gasteiger partial charge in [-0.3, -0.25) is 9.69 Å². The van der Waals surface area contributed by atoms with Crippen molar-refractivity contribution in [3.63, 3.8) is 0 Å². The van der Waals surface area contributed by atoms with Gasteiger partial charge in [0.05, 0.1) is 18.7 Å². The van der Waals surface area contributed by atoms with Crippen molar-refractivity contribution in [3.05, 3.63) is 88.1 Å². The van der Waals surface area contributed by atoms with Crippen LogP contribution < -0.4 is 0 Å². The Labute approximate surface area is 253 Å². The van der Waals surface area contributed by atoms with E-state index in [-0.39, 0.29) is 5.91 Å². The van der Waals surface area contributed by atoms with Gasteiger partial charge in [0.25, 0.3) is 5.91 Å². The van der Waals surface area contributed by atoms with Crippen molar-refractivity contribution in [1.82, 2.24) is 19.7 Å². The monoisotopic (exact) mass is 582 g/mol. The van der Waals surface area contributed by atoms with E-state index in [1.807, 2.05) is 35.2 Å². The zero-order valence-corrected chi connectivity index (χ0v) is 25.7. The number of aromatic nitrogens is 1. The summed E-state index contributed by atoms with van der Waals surface area (Å²) in [5, 5.41) is 1.69. The van der Waals surface area contributed by atoms with Gasteiger partial charge in [-0.2, -0.15) is 0 Å². The molecule has 6 rings (SSSR count). The van der Waals surface area contributed by atoms with Crippen molar-refractivity contribution >= 4 is 28.4 Å². The van der Waals surface area contributed by atoms with Crippen LogP contribution in [0, 0.1) is 13.8 Å². The van der Waals surface area contributed by atoms with E-state index in [1.165, 1.54) is 16.7 Å². The minimum Gasteiger partial charge on any atom is -0.379 e. The third-order valence-electron chi connectivity index (χ3n) is 8.86. The molecule has 0 saturated carbocycles. The maximum absolute atomic E-state index is 13.8. The summed E-state index contributed by atoms with van der Waals surface area (Å²) in [4.78, 5) is 25.3. The molecule has 0 bridgehead atoms. The Balaban J connectivity index is 1.43. The van der Waals surface area contributed by atoms with E-state index in [1.54, 1.807) is 0 Å². The van der Waals surface area contributed by atoms with Gasteiger partial charge >= 0.3 is 0 Å². The number of ether oxygens (including phenoxy) is 1. The number of hydrogen-bond donors (Lipinski definition) is 0. The summed E-state index contributed by atoms with van der Waals surface area (Å²) in [6.07, 6.45) is 0.969. The molecule has 0 radical (unpaired) electrons. The number of morpholine rings is 1. The molecular weight excluding hydrogens is 544 g/mol.